The topological polar surface area (TPSA) is 32.7 Å². The molecule has 0 radical (unpaired) electrons. The van der Waals surface area contributed by atoms with Crippen molar-refractivity contribution in [3.63, 3.8) is 0 Å². The Bertz CT molecular complexity index is 198. The Hall–Kier alpha value is -0.120. The molecule has 1 N–H and O–H groups in total. The molecule has 0 bridgehead atoms. The number of hydrogen-bond acceptors (Lipinski definition) is 3. The van der Waals surface area contributed by atoms with Gasteiger partial charge in [-0.25, -0.2) is 0 Å². The third kappa shape index (κ3) is 2.52. The lowest BCUT2D eigenvalue weighted by Crippen LogP contribution is -2.44. The first-order chi connectivity index (χ1) is 7.35. The molecule has 3 heteroatoms. The van der Waals surface area contributed by atoms with Crippen LogP contribution < -0.4 is 0 Å². The van der Waals surface area contributed by atoms with Gasteiger partial charge in [-0.2, -0.15) is 0 Å². The van der Waals surface area contributed by atoms with Gasteiger partial charge in [-0.3, -0.25) is 4.90 Å². The van der Waals surface area contributed by atoms with Gasteiger partial charge in [0.2, 0.25) is 0 Å². The molecule has 0 aromatic carbocycles. The highest BCUT2D eigenvalue weighted by Gasteiger charge is 2.33. The first-order valence-electron chi connectivity index (χ1n) is 6.24. The molecular formula is C12H23NO2. The molecule has 1 aliphatic carbocycles. The van der Waals surface area contributed by atoms with Crippen molar-refractivity contribution in [2.75, 3.05) is 20.3 Å². The van der Waals surface area contributed by atoms with Crippen LogP contribution in [0.2, 0.25) is 0 Å². The van der Waals surface area contributed by atoms with Crippen LogP contribution in [0.1, 0.15) is 38.5 Å². The number of aliphatic hydroxyl groups is 1. The van der Waals surface area contributed by atoms with Gasteiger partial charge in [0.25, 0.3) is 0 Å². The summed E-state index contributed by atoms with van der Waals surface area (Å²) in [6, 6.07) is 1.08. The average molecular weight is 213 g/mol. The fourth-order valence-electron chi connectivity index (χ4n) is 3.17. The van der Waals surface area contributed by atoms with Crippen LogP contribution in [0, 0.1) is 0 Å². The number of methoxy groups -OCH3 is 1. The maximum atomic E-state index is 9.32. The number of hydrogen-bond donors (Lipinski definition) is 1. The lowest BCUT2D eigenvalue weighted by Gasteiger charge is -2.37. The molecule has 2 rings (SSSR count). The molecule has 3 nitrogen and oxygen atoms in total. The number of nitrogens with zero attached hydrogens (tertiary/aromatic N) is 1. The molecule has 2 aliphatic rings. The molecule has 0 aromatic heterocycles. The largest absolute Gasteiger partial charge is 0.395 e. The molecule has 15 heavy (non-hydrogen) atoms. The molecule has 2 unspecified atom stereocenters. The Morgan fingerprint density at radius 2 is 2.13 bits per heavy atom. The lowest BCUT2D eigenvalue weighted by atomic mass is 9.91. The number of aliphatic hydroxyl groups excluding tert-OH is 1. The second-order valence-electron chi connectivity index (χ2n) is 4.89. The molecule has 2 fully saturated rings. The van der Waals surface area contributed by atoms with Gasteiger partial charge in [-0.15, -0.1) is 0 Å². The third-order valence-electron chi connectivity index (χ3n) is 4.03. The minimum atomic E-state index is 0.328. The molecule has 0 spiro atoms. The Morgan fingerprint density at radius 3 is 2.87 bits per heavy atom. The van der Waals surface area contributed by atoms with E-state index in [0.717, 1.165) is 6.42 Å². The van der Waals surface area contributed by atoms with Gasteiger partial charge < -0.3 is 9.84 Å². The van der Waals surface area contributed by atoms with Crippen LogP contribution in [0.3, 0.4) is 0 Å². The van der Waals surface area contributed by atoms with Gasteiger partial charge >= 0.3 is 0 Å². The number of rotatable bonds is 3. The van der Waals surface area contributed by atoms with Crippen molar-refractivity contribution < 1.29 is 9.84 Å². The lowest BCUT2D eigenvalue weighted by molar-refractivity contribution is 0.0166. The van der Waals surface area contributed by atoms with E-state index in [-0.39, 0.29) is 0 Å². The second kappa shape index (κ2) is 5.28. The maximum absolute atomic E-state index is 9.32. The van der Waals surface area contributed by atoms with E-state index in [2.05, 4.69) is 4.90 Å². The van der Waals surface area contributed by atoms with Crippen LogP contribution in [-0.4, -0.2) is 48.5 Å². The van der Waals surface area contributed by atoms with Crippen LogP contribution in [-0.2, 0) is 4.74 Å². The fraction of sp³-hybridized carbons (Fsp3) is 1.00. The summed E-state index contributed by atoms with van der Waals surface area (Å²) in [6.07, 6.45) is 7.80. The second-order valence-corrected chi connectivity index (χ2v) is 4.89. The highest BCUT2D eigenvalue weighted by Crippen LogP contribution is 2.30. The SMILES string of the molecule is COC1CCCC(N2CCC[C@H]2CO)C1. The molecule has 0 amide bonds. The first-order valence-corrected chi connectivity index (χ1v) is 6.24. The zero-order chi connectivity index (χ0) is 10.7. The van der Waals surface area contributed by atoms with Crippen LogP contribution in [0.25, 0.3) is 0 Å². The average Bonchev–Trinajstić information content (AvgIpc) is 2.77. The number of likely N-dealkylation sites (tertiary alicyclic amines) is 1. The van der Waals surface area contributed by atoms with Crippen molar-refractivity contribution in [3.05, 3.63) is 0 Å². The molecule has 1 heterocycles. The minimum Gasteiger partial charge on any atom is -0.395 e. The Kier molecular flexibility index (Phi) is 4.00. The van der Waals surface area contributed by atoms with Crippen LogP contribution in [0.5, 0.6) is 0 Å². The van der Waals surface area contributed by atoms with Crippen LogP contribution in [0.15, 0.2) is 0 Å². The maximum Gasteiger partial charge on any atom is 0.0586 e. The van der Waals surface area contributed by atoms with E-state index in [0.29, 0.717) is 24.8 Å². The van der Waals surface area contributed by atoms with Crippen LogP contribution >= 0.6 is 0 Å². The summed E-state index contributed by atoms with van der Waals surface area (Å²) in [5, 5.41) is 9.32. The Labute approximate surface area is 92.4 Å². The van der Waals surface area contributed by atoms with E-state index in [1.807, 2.05) is 7.11 Å². The fourth-order valence-corrected chi connectivity index (χ4v) is 3.17. The smallest absolute Gasteiger partial charge is 0.0586 e. The number of ether oxygens (including phenoxy) is 1. The summed E-state index contributed by atoms with van der Waals surface area (Å²) >= 11 is 0. The van der Waals surface area contributed by atoms with E-state index in [4.69, 9.17) is 4.74 Å². The van der Waals surface area contributed by atoms with E-state index in [9.17, 15) is 5.11 Å². The van der Waals surface area contributed by atoms with E-state index in [1.165, 1.54) is 38.6 Å². The zero-order valence-corrected chi connectivity index (χ0v) is 9.69. The van der Waals surface area contributed by atoms with E-state index >= 15 is 0 Å². The normalized spacial score (nSPS) is 38.4. The summed E-state index contributed by atoms with van der Waals surface area (Å²) < 4.78 is 5.46. The summed E-state index contributed by atoms with van der Waals surface area (Å²) in [4.78, 5) is 2.52. The van der Waals surface area contributed by atoms with E-state index in [1.54, 1.807) is 0 Å². The highest BCUT2D eigenvalue weighted by atomic mass is 16.5. The van der Waals surface area contributed by atoms with Crippen LogP contribution in [0.4, 0.5) is 0 Å². The van der Waals surface area contributed by atoms with Crippen molar-refractivity contribution in [1.82, 2.24) is 4.90 Å². The summed E-state index contributed by atoms with van der Waals surface area (Å²) in [5.41, 5.74) is 0. The Morgan fingerprint density at radius 1 is 1.27 bits per heavy atom. The third-order valence-corrected chi connectivity index (χ3v) is 4.03. The minimum absolute atomic E-state index is 0.328. The zero-order valence-electron chi connectivity index (χ0n) is 9.69. The molecule has 1 saturated heterocycles. The molecule has 1 saturated carbocycles. The van der Waals surface area contributed by atoms with Gasteiger partial charge in [-0.05, 0) is 45.1 Å². The predicted octanol–water partition coefficient (Wildman–Crippen LogP) is 1.40. The molecular weight excluding hydrogens is 190 g/mol. The van der Waals surface area contributed by atoms with Gasteiger partial charge in [0.15, 0.2) is 0 Å². The highest BCUT2D eigenvalue weighted by molar-refractivity contribution is 4.88. The standard InChI is InChI=1S/C12H23NO2/c1-15-12-6-2-4-10(8-12)13-7-3-5-11(13)9-14/h10-12,14H,2-9H2,1H3/t10?,11-,12?/m0/s1. The van der Waals surface area contributed by atoms with Gasteiger partial charge in [-0.1, -0.05) is 0 Å². The van der Waals surface area contributed by atoms with Crippen molar-refractivity contribution in [2.24, 2.45) is 0 Å². The van der Waals surface area contributed by atoms with Crippen molar-refractivity contribution in [2.45, 2.75) is 56.7 Å². The van der Waals surface area contributed by atoms with Crippen molar-refractivity contribution in [3.8, 4) is 0 Å². The van der Waals surface area contributed by atoms with Gasteiger partial charge in [0.1, 0.15) is 0 Å². The quantitative estimate of drug-likeness (QED) is 0.769. The first kappa shape index (κ1) is 11.4. The van der Waals surface area contributed by atoms with Crippen molar-refractivity contribution in [1.29, 1.82) is 0 Å². The van der Waals surface area contributed by atoms with E-state index < -0.39 is 0 Å². The van der Waals surface area contributed by atoms with Gasteiger partial charge in [0, 0.05) is 19.2 Å². The molecule has 1 aliphatic heterocycles. The summed E-state index contributed by atoms with van der Waals surface area (Å²) in [6.45, 7) is 1.50. The van der Waals surface area contributed by atoms with Gasteiger partial charge in [0.05, 0.1) is 12.7 Å². The predicted molar refractivity (Wildman–Crippen MR) is 59.9 cm³/mol. The van der Waals surface area contributed by atoms with Crippen molar-refractivity contribution >= 4 is 0 Å². The molecule has 0 aromatic rings. The summed E-state index contributed by atoms with van der Waals surface area (Å²) in [5.74, 6) is 0. The monoisotopic (exact) mass is 213 g/mol. The Balaban J connectivity index is 1.91. The summed E-state index contributed by atoms with van der Waals surface area (Å²) in [7, 11) is 1.82. The molecule has 3 atom stereocenters. The molecule has 88 valence electrons.